The average molecular weight is 268 g/mol. The van der Waals surface area contributed by atoms with Gasteiger partial charge in [0.2, 0.25) is 0 Å². The Morgan fingerprint density at radius 1 is 1.47 bits per heavy atom. The first-order valence-corrected chi connectivity index (χ1v) is 5.64. The van der Waals surface area contributed by atoms with Crippen LogP contribution in [0.3, 0.4) is 0 Å². The summed E-state index contributed by atoms with van der Waals surface area (Å²) in [4.78, 5) is 0. The molecule has 0 amide bonds. The van der Waals surface area contributed by atoms with Crippen molar-refractivity contribution >= 4 is 45.6 Å². The third kappa shape index (κ3) is 2.75. The summed E-state index contributed by atoms with van der Waals surface area (Å²) >= 11 is 10.5. The monoisotopic (exact) mass is 267 g/mol. The van der Waals surface area contributed by atoms with E-state index in [-0.39, 0.29) is 5.11 Å². The summed E-state index contributed by atoms with van der Waals surface area (Å²) in [7, 11) is 0. The second-order valence-electron chi connectivity index (χ2n) is 3.47. The molecule has 88 valence electrons. The van der Waals surface area contributed by atoms with Gasteiger partial charge in [-0.3, -0.25) is 5.43 Å². The quantitative estimate of drug-likeness (QED) is 0.499. The second kappa shape index (κ2) is 4.73. The minimum absolute atomic E-state index is 0.114. The molecular weight excluding hydrogens is 258 g/mol. The van der Waals surface area contributed by atoms with Crippen molar-refractivity contribution in [3.8, 4) is 0 Å². The van der Waals surface area contributed by atoms with Crippen molar-refractivity contribution in [2.75, 3.05) is 0 Å². The number of benzene rings is 1. The molecule has 1 aromatic carbocycles. The van der Waals surface area contributed by atoms with Crippen molar-refractivity contribution in [2.24, 2.45) is 10.8 Å². The lowest BCUT2D eigenvalue weighted by Gasteiger charge is -1.97. The summed E-state index contributed by atoms with van der Waals surface area (Å²) in [6.45, 7) is 1.80. The minimum Gasteiger partial charge on any atom is -0.455 e. The van der Waals surface area contributed by atoms with Gasteiger partial charge >= 0.3 is 0 Å². The first-order chi connectivity index (χ1) is 8.06. The van der Waals surface area contributed by atoms with Gasteiger partial charge in [-0.15, -0.1) is 0 Å². The van der Waals surface area contributed by atoms with Gasteiger partial charge < -0.3 is 10.2 Å². The molecule has 3 N–H and O–H groups in total. The molecule has 2 rings (SSSR count). The number of hydrogen-bond acceptors (Lipinski definition) is 3. The van der Waals surface area contributed by atoms with Crippen molar-refractivity contribution in [1.29, 1.82) is 0 Å². The Hall–Kier alpha value is -1.59. The van der Waals surface area contributed by atoms with E-state index in [4.69, 9.17) is 21.8 Å². The summed E-state index contributed by atoms with van der Waals surface area (Å²) in [5.41, 5.74) is 9.21. The number of nitrogens with one attached hydrogen (secondary N) is 1. The molecule has 0 saturated carbocycles. The molecule has 0 fully saturated rings. The molecule has 0 aliphatic rings. The van der Waals surface area contributed by atoms with E-state index in [9.17, 15) is 0 Å². The Labute approximate surface area is 108 Å². The fourth-order valence-corrected chi connectivity index (χ4v) is 1.61. The largest absolute Gasteiger partial charge is 0.455 e. The Morgan fingerprint density at radius 2 is 2.24 bits per heavy atom. The van der Waals surface area contributed by atoms with Crippen LogP contribution in [0.2, 0.25) is 5.02 Å². The van der Waals surface area contributed by atoms with Gasteiger partial charge in [0.25, 0.3) is 0 Å². The van der Waals surface area contributed by atoms with Gasteiger partial charge in [-0.1, -0.05) is 11.6 Å². The van der Waals surface area contributed by atoms with Crippen LogP contribution in [0.1, 0.15) is 12.7 Å². The summed E-state index contributed by atoms with van der Waals surface area (Å²) in [5, 5.41) is 5.70. The van der Waals surface area contributed by atoms with Crippen molar-refractivity contribution in [3.63, 3.8) is 0 Å². The Bertz CT molecular complexity index is 606. The van der Waals surface area contributed by atoms with Gasteiger partial charge in [0.15, 0.2) is 10.9 Å². The third-order valence-electron chi connectivity index (χ3n) is 2.17. The van der Waals surface area contributed by atoms with Gasteiger partial charge in [0.05, 0.1) is 0 Å². The molecule has 17 heavy (non-hydrogen) atoms. The van der Waals surface area contributed by atoms with Gasteiger partial charge in [0.1, 0.15) is 11.3 Å². The van der Waals surface area contributed by atoms with Crippen molar-refractivity contribution in [3.05, 3.63) is 35.0 Å². The van der Waals surface area contributed by atoms with E-state index in [0.29, 0.717) is 16.5 Å². The van der Waals surface area contributed by atoms with Crippen LogP contribution in [0.5, 0.6) is 0 Å². The van der Waals surface area contributed by atoms with Crippen LogP contribution in [-0.4, -0.2) is 10.8 Å². The van der Waals surface area contributed by atoms with Crippen molar-refractivity contribution < 1.29 is 4.42 Å². The predicted molar refractivity (Wildman–Crippen MR) is 73.4 cm³/mol. The maximum absolute atomic E-state index is 5.89. The maximum Gasteiger partial charge on any atom is 0.184 e. The zero-order valence-electron chi connectivity index (χ0n) is 9.03. The first-order valence-electron chi connectivity index (χ1n) is 4.85. The van der Waals surface area contributed by atoms with E-state index in [1.807, 2.05) is 18.2 Å². The number of nitrogens with zero attached hydrogens (tertiary/aromatic N) is 1. The van der Waals surface area contributed by atoms with Crippen molar-refractivity contribution in [2.45, 2.75) is 6.92 Å². The summed E-state index contributed by atoms with van der Waals surface area (Å²) in [6.07, 6.45) is 0. The highest BCUT2D eigenvalue weighted by atomic mass is 35.5. The highest BCUT2D eigenvalue weighted by Gasteiger charge is 2.06. The lowest BCUT2D eigenvalue weighted by Crippen LogP contribution is -2.25. The average Bonchev–Trinajstić information content (AvgIpc) is 2.68. The standard InChI is InChI=1S/C11H10ClN3OS/c1-6(14-15-11(13)17)10-5-7-4-8(12)2-3-9(7)16-10/h2-5H,1H3,(H3,13,15,17)/b14-6+. The molecule has 0 aliphatic heterocycles. The van der Waals surface area contributed by atoms with Crippen LogP contribution < -0.4 is 11.2 Å². The predicted octanol–water partition coefficient (Wildman–Crippen LogP) is 2.64. The molecule has 0 saturated heterocycles. The van der Waals surface area contributed by atoms with Gasteiger partial charge in [0, 0.05) is 10.4 Å². The fraction of sp³-hybridized carbons (Fsp3) is 0.0909. The third-order valence-corrected chi connectivity index (χ3v) is 2.50. The lowest BCUT2D eigenvalue weighted by molar-refractivity contribution is 0.603. The molecule has 0 atom stereocenters. The molecule has 0 spiro atoms. The van der Waals surface area contributed by atoms with Gasteiger partial charge in [-0.2, -0.15) is 5.10 Å². The Kier molecular flexibility index (Phi) is 3.31. The number of halogens is 1. The number of furan rings is 1. The zero-order chi connectivity index (χ0) is 12.4. The van der Waals surface area contributed by atoms with E-state index >= 15 is 0 Å². The van der Waals surface area contributed by atoms with E-state index in [2.05, 4.69) is 22.7 Å². The van der Waals surface area contributed by atoms with E-state index in [0.717, 1.165) is 11.0 Å². The summed E-state index contributed by atoms with van der Waals surface area (Å²) in [6, 6.07) is 7.28. The normalized spacial score (nSPS) is 11.8. The highest BCUT2D eigenvalue weighted by Crippen LogP contribution is 2.23. The van der Waals surface area contributed by atoms with Crippen LogP contribution in [0.4, 0.5) is 0 Å². The van der Waals surface area contributed by atoms with Crippen LogP contribution in [-0.2, 0) is 0 Å². The molecule has 0 aliphatic carbocycles. The first kappa shape index (κ1) is 11.9. The SMILES string of the molecule is C/C(=N\NC(N)=S)c1cc2cc(Cl)ccc2o1. The highest BCUT2D eigenvalue weighted by molar-refractivity contribution is 7.80. The zero-order valence-corrected chi connectivity index (χ0v) is 10.6. The summed E-state index contributed by atoms with van der Waals surface area (Å²) in [5.74, 6) is 0.644. The fourth-order valence-electron chi connectivity index (χ4n) is 1.39. The van der Waals surface area contributed by atoms with Gasteiger partial charge in [-0.25, -0.2) is 0 Å². The second-order valence-corrected chi connectivity index (χ2v) is 4.34. The molecule has 0 radical (unpaired) electrons. The lowest BCUT2D eigenvalue weighted by atomic mass is 10.2. The van der Waals surface area contributed by atoms with E-state index in [1.165, 1.54) is 0 Å². The van der Waals surface area contributed by atoms with Crippen LogP contribution in [0.25, 0.3) is 11.0 Å². The van der Waals surface area contributed by atoms with Crippen LogP contribution in [0, 0.1) is 0 Å². The van der Waals surface area contributed by atoms with Crippen molar-refractivity contribution in [1.82, 2.24) is 5.43 Å². The summed E-state index contributed by atoms with van der Waals surface area (Å²) < 4.78 is 5.60. The smallest absolute Gasteiger partial charge is 0.184 e. The number of thiocarbonyl (C=S) groups is 1. The number of hydrogen-bond donors (Lipinski definition) is 2. The molecule has 6 heteroatoms. The minimum atomic E-state index is 0.114. The number of hydrazone groups is 1. The maximum atomic E-state index is 5.89. The Balaban J connectivity index is 2.36. The molecule has 0 bridgehead atoms. The molecule has 0 unspecified atom stereocenters. The van der Waals surface area contributed by atoms with E-state index in [1.54, 1.807) is 13.0 Å². The Morgan fingerprint density at radius 3 is 2.94 bits per heavy atom. The topological polar surface area (TPSA) is 63.5 Å². The molecule has 1 heterocycles. The van der Waals surface area contributed by atoms with Gasteiger partial charge in [-0.05, 0) is 43.4 Å². The number of rotatable bonds is 2. The van der Waals surface area contributed by atoms with E-state index < -0.39 is 0 Å². The van der Waals surface area contributed by atoms with Crippen LogP contribution >= 0.6 is 23.8 Å². The number of nitrogens with two attached hydrogens (primary N) is 1. The molecule has 4 nitrogen and oxygen atoms in total. The molecular formula is C11H10ClN3OS. The number of fused-ring (bicyclic) bond motifs is 1. The van der Waals surface area contributed by atoms with Crippen LogP contribution in [0.15, 0.2) is 33.8 Å². The molecule has 2 aromatic rings. The molecule has 1 aromatic heterocycles.